The van der Waals surface area contributed by atoms with Crippen LogP contribution >= 0.6 is 0 Å². The predicted molar refractivity (Wildman–Crippen MR) is 74.9 cm³/mol. The van der Waals surface area contributed by atoms with Crippen LogP contribution in [0.3, 0.4) is 0 Å². The molecule has 4 nitrogen and oxygen atoms in total. The fourth-order valence-corrected chi connectivity index (χ4v) is 2.31. The lowest BCUT2D eigenvalue weighted by Crippen LogP contribution is -2.38. The Hall–Kier alpha value is -1.97. The van der Waals surface area contributed by atoms with E-state index < -0.39 is 0 Å². The van der Waals surface area contributed by atoms with Crippen molar-refractivity contribution in [2.24, 2.45) is 4.99 Å². The second-order valence-electron chi connectivity index (χ2n) is 4.77. The van der Waals surface area contributed by atoms with Crippen LogP contribution in [-0.2, 0) is 6.42 Å². The van der Waals surface area contributed by atoms with Crippen molar-refractivity contribution in [3.8, 4) is 0 Å². The number of aromatic nitrogens is 1. The number of hydrogen-bond donors (Lipinski definition) is 3. The minimum Gasteiger partial charge on any atom is -0.361 e. The molecule has 1 aliphatic rings. The van der Waals surface area contributed by atoms with Gasteiger partial charge in [0.15, 0.2) is 5.96 Å². The lowest BCUT2D eigenvalue weighted by Gasteiger charge is -2.08. The zero-order chi connectivity index (χ0) is 12.4. The molecule has 2 heterocycles. The highest BCUT2D eigenvalue weighted by Crippen LogP contribution is 2.17. The molecular weight excluding hydrogens is 224 g/mol. The summed E-state index contributed by atoms with van der Waals surface area (Å²) in [6.45, 7) is 3.91. The highest BCUT2D eigenvalue weighted by atomic mass is 15.2. The number of guanidine groups is 1. The summed E-state index contributed by atoms with van der Waals surface area (Å²) < 4.78 is 0. The molecule has 3 rings (SSSR count). The van der Waals surface area contributed by atoms with Gasteiger partial charge in [-0.3, -0.25) is 4.99 Å². The van der Waals surface area contributed by atoms with Crippen molar-refractivity contribution >= 4 is 16.9 Å². The molecule has 1 aromatic heterocycles. The molecular formula is C14H18N4. The molecule has 0 saturated heterocycles. The molecule has 0 fully saturated rings. The van der Waals surface area contributed by atoms with Gasteiger partial charge in [0.1, 0.15) is 0 Å². The van der Waals surface area contributed by atoms with Gasteiger partial charge in [-0.2, -0.15) is 0 Å². The Morgan fingerprint density at radius 3 is 3.11 bits per heavy atom. The van der Waals surface area contributed by atoms with Crippen LogP contribution in [0.4, 0.5) is 0 Å². The molecule has 18 heavy (non-hydrogen) atoms. The van der Waals surface area contributed by atoms with Crippen LogP contribution in [0, 0.1) is 0 Å². The number of nitrogens with one attached hydrogen (secondary N) is 3. The Morgan fingerprint density at radius 2 is 2.28 bits per heavy atom. The zero-order valence-corrected chi connectivity index (χ0v) is 10.5. The second kappa shape index (κ2) is 4.72. The number of para-hydroxylation sites is 1. The van der Waals surface area contributed by atoms with E-state index in [-0.39, 0.29) is 0 Å². The molecule has 0 amide bonds. The monoisotopic (exact) mass is 242 g/mol. The molecule has 0 bridgehead atoms. The largest absolute Gasteiger partial charge is 0.361 e. The maximum absolute atomic E-state index is 4.38. The third kappa shape index (κ3) is 2.18. The normalized spacial score (nSPS) is 18.7. The molecule has 1 aliphatic heterocycles. The third-order valence-corrected chi connectivity index (χ3v) is 3.27. The summed E-state index contributed by atoms with van der Waals surface area (Å²) in [7, 11) is 0. The molecule has 0 spiro atoms. The van der Waals surface area contributed by atoms with Crippen LogP contribution in [0.15, 0.2) is 35.5 Å². The third-order valence-electron chi connectivity index (χ3n) is 3.27. The fourth-order valence-electron chi connectivity index (χ4n) is 2.31. The standard InChI is InChI=1S/C14H18N4/c1-10-8-17-14(18-10)15-7-6-11-9-16-13-5-3-2-4-12(11)13/h2-5,9-10,16H,6-8H2,1H3,(H2,15,17,18). The molecule has 3 N–H and O–H groups in total. The van der Waals surface area contributed by atoms with Crippen LogP contribution in [0.25, 0.3) is 10.9 Å². The van der Waals surface area contributed by atoms with Crippen molar-refractivity contribution in [1.82, 2.24) is 15.6 Å². The van der Waals surface area contributed by atoms with Crippen molar-refractivity contribution in [1.29, 1.82) is 0 Å². The number of nitrogens with zero attached hydrogens (tertiary/aromatic N) is 1. The van der Waals surface area contributed by atoms with E-state index in [0.717, 1.165) is 25.5 Å². The summed E-state index contributed by atoms with van der Waals surface area (Å²) in [6.07, 6.45) is 3.10. The van der Waals surface area contributed by atoms with Gasteiger partial charge in [0.2, 0.25) is 0 Å². The van der Waals surface area contributed by atoms with Crippen molar-refractivity contribution in [3.63, 3.8) is 0 Å². The predicted octanol–water partition coefficient (Wildman–Crippen LogP) is 1.65. The van der Waals surface area contributed by atoms with Crippen LogP contribution in [-0.4, -0.2) is 30.1 Å². The molecule has 1 aromatic carbocycles. The van der Waals surface area contributed by atoms with E-state index >= 15 is 0 Å². The van der Waals surface area contributed by atoms with Crippen molar-refractivity contribution < 1.29 is 0 Å². The minimum atomic E-state index is 0.459. The Bertz CT molecular complexity index is 570. The van der Waals surface area contributed by atoms with Crippen LogP contribution in [0.1, 0.15) is 12.5 Å². The van der Waals surface area contributed by atoms with Gasteiger partial charge in [0.05, 0.1) is 6.54 Å². The van der Waals surface area contributed by atoms with E-state index in [1.807, 2.05) is 0 Å². The second-order valence-corrected chi connectivity index (χ2v) is 4.77. The Kier molecular flexibility index (Phi) is 2.92. The van der Waals surface area contributed by atoms with Gasteiger partial charge in [-0.25, -0.2) is 0 Å². The van der Waals surface area contributed by atoms with E-state index in [1.54, 1.807) is 0 Å². The molecule has 0 saturated carbocycles. The number of aromatic amines is 1. The first-order valence-corrected chi connectivity index (χ1v) is 6.43. The van der Waals surface area contributed by atoms with Gasteiger partial charge < -0.3 is 15.6 Å². The van der Waals surface area contributed by atoms with Gasteiger partial charge in [0.25, 0.3) is 0 Å². The van der Waals surface area contributed by atoms with Crippen molar-refractivity contribution in [3.05, 3.63) is 36.0 Å². The van der Waals surface area contributed by atoms with Gasteiger partial charge in [-0.15, -0.1) is 0 Å². The summed E-state index contributed by atoms with van der Waals surface area (Å²) in [5.41, 5.74) is 2.56. The average molecular weight is 242 g/mol. The number of H-pyrrole nitrogens is 1. The summed E-state index contributed by atoms with van der Waals surface area (Å²) in [6, 6.07) is 8.86. The Labute approximate surface area is 107 Å². The molecule has 0 aliphatic carbocycles. The quantitative estimate of drug-likeness (QED) is 0.766. The lowest BCUT2D eigenvalue weighted by atomic mass is 10.1. The molecule has 4 heteroatoms. The SMILES string of the molecule is CC1CN=C(NCCc2c[nH]c3ccccc23)N1. The van der Waals surface area contributed by atoms with Gasteiger partial charge in [-0.1, -0.05) is 18.2 Å². The van der Waals surface area contributed by atoms with E-state index in [1.165, 1.54) is 16.5 Å². The highest BCUT2D eigenvalue weighted by Gasteiger charge is 2.11. The zero-order valence-electron chi connectivity index (χ0n) is 10.5. The van der Waals surface area contributed by atoms with Gasteiger partial charge in [0, 0.05) is 29.7 Å². The smallest absolute Gasteiger partial charge is 0.191 e. The van der Waals surface area contributed by atoms with E-state index in [0.29, 0.717) is 6.04 Å². The fraction of sp³-hybridized carbons (Fsp3) is 0.357. The van der Waals surface area contributed by atoms with Crippen molar-refractivity contribution in [2.75, 3.05) is 13.1 Å². The summed E-state index contributed by atoms with van der Waals surface area (Å²) in [5.74, 6) is 0.933. The maximum atomic E-state index is 4.38. The Balaban J connectivity index is 1.60. The molecule has 1 unspecified atom stereocenters. The number of hydrogen-bond acceptors (Lipinski definition) is 3. The number of fused-ring (bicyclic) bond motifs is 1. The molecule has 94 valence electrons. The lowest BCUT2D eigenvalue weighted by molar-refractivity contribution is 0.712. The molecule has 2 aromatic rings. The first kappa shape index (κ1) is 11.1. The number of aliphatic imine (C=N–C) groups is 1. The molecule has 0 radical (unpaired) electrons. The number of benzene rings is 1. The van der Waals surface area contributed by atoms with Crippen LogP contribution in [0.2, 0.25) is 0 Å². The average Bonchev–Trinajstić information content (AvgIpc) is 2.97. The minimum absolute atomic E-state index is 0.459. The van der Waals surface area contributed by atoms with E-state index in [9.17, 15) is 0 Å². The van der Waals surface area contributed by atoms with Crippen molar-refractivity contribution in [2.45, 2.75) is 19.4 Å². The van der Waals surface area contributed by atoms with Crippen LogP contribution in [0.5, 0.6) is 0 Å². The van der Waals surface area contributed by atoms with Gasteiger partial charge >= 0.3 is 0 Å². The highest BCUT2D eigenvalue weighted by molar-refractivity contribution is 5.83. The van der Waals surface area contributed by atoms with Gasteiger partial charge in [-0.05, 0) is 25.0 Å². The summed E-state index contributed by atoms with van der Waals surface area (Å²) in [4.78, 5) is 7.68. The Morgan fingerprint density at radius 1 is 1.39 bits per heavy atom. The first-order chi connectivity index (χ1) is 8.83. The summed E-state index contributed by atoms with van der Waals surface area (Å²) >= 11 is 0. The first-order valence-electron chi connectivity index (χ1n) is 6.43. The summed E-state index contributed by atoms with van der Waals surface area (Å²) in [5, 5.41) is 7.96. The van der Waals surface area contributed by atoms with Crippen LogP contribution < -0.4 is 10.6 Å². The van der Waals surface area contributed by atoms with E-state index in [2.05, 4.69) is 58.0 Å². The number of rotatable bonds is 3. The van der Waals surface area contributed by atoms with E-state index in [4.69, 9.17) is 0 Å². The maximum Gasteiger partial charge on any atom is 0.191 e. The molecule has 1 atom stereocenters. The topological polar surface area (TPSA) is 52.2 Å².